The predicted octanol–water partition coefficient (Wildman–Crippen LogP) is 3.26. The van der Waals surface area contributed by atoms with E-state index in [1.807, 2.05) is 32.0 Å². The third-order valence-electron chi connectivity index (χ3n) is 3.35. The molecule has 0 amide bonds. The quantitative estimate of drug-likeness (QED) is 0.848. The van der Waals surface area contributed by atoms with Crippen molar-refractivity contribution in [1.82, 2.24) is 0 Å². The van der Waals surface area contributed by atoms with Gasteiger partial charge in [-0.25, -0.2) is 0 Å². The number of benzene rings is 2. The Morgan fingerprint density at radius 1 is 0.944 bits per heavy atom. The molecule has 0 heterocycles. The molecule has 2 aromatic rings. The Balaban J connectivity index is 2.53. The van der Waals surface area contributed by atoms with Crippen LogP contribution in [0.3, 0.4) is 0 Å². The Morgan fingerprint density at radius 3 is 2.17 bits per heavy atom. The van der Waals surface area contributed by atoms with Gasteiger partial charge in [0.25, 0.3) is 0 Å². The molecule has 0 fully saturated rings. The maximum absolute atomic E-state index is 10.8. The van der Waals surface area contributed by atoms with Gasteiger partial charge in [-0.05, 0) is 49.6 Å². The maximum atomic E-state index is 10.8. The predicted molar refractivity (Wildman–Crippen MR) is 72.7 cm³/mol. The van der Waals surface area contributed by atoms with Gasteiger partial charge in [-0.15, -0.1) is 0 Å². The van der Waals surface area contributed by atoms with E-state index in [0.29, 0.717) is 0 Å². The van der Waals surface area contributed by atoms with E-state index in [2.05, 4.69) is 0 Å². The lowest BCUT2D eigenvalue weighted by atomic mass is 9.85. The topological polar surface area (TPSA) is 40.5 Å². The number of phenols is 1. The molecule has 2 aromatic carbocycles. The summed E-state index contributed by atoms with van der Waals surface area (Å²) in [4.78, 5) is 0. The summed E-state index contributed by atoms with van der Waals surface area (Å²) >= 11 is 0. The number of rotatable bonds is 2. The van der Waals surface area contributed by atoms with Crippen molar-refractivity contribution in [3.05, 3.63) is 64.7 Å². The van der Waals surface area contributed by atoms with E-state index in [1.165, 1.54) is 0 Å². The molecule has 2 N–H and O–H groups in total. The monoisotopic (exact) mass is 242 g/mol. The Hall–Kier alpha value is -1.80. The summed E-state index contributed by atoms with van der Waals surface area (Å²) in [6.07, 6.45) is 0. The van der Waals surface area contributed by atoms with E-state index >= 15 is 0 Å². The minimum absolute atomic E-state index is 0.204. The first-order chi connectivity index (χ1) is 8.41. The third kappa shape index (κ3) is 2.24. The van der Waals surface area contributed by atoms with Crippen LogP contribution in [0.4, 0.5) is 0 Å². The summed E-state index contributed by atoms with van der Waals surface area (Å²) in [5.41, 5.74) is 2.79. The van der Waals surface area contributed by atoms with Crippen molar-refractivity contribution in [2.75, 3.05) is 0 Å². The summed E-state index contributed by atoms with van der Waals surface area (Å²) in [6, 6.07) is 12.7. The second-order valence-corrected chi connectivity index (χ2v) is 4.94. The fraction of sp³-hybridized carbons (Fsp3) is 0.250. The second-order valence-electron chi connectivity index (χ2n) is 4.94. The smallest absolute Gasteiger partial charge is 0.115 e. The van der Waals surface area contributed by atoms with Gasteiger partial charge in [0.1, 0.15) is 11.4 Å². The molecule has 0 saturated heterocycles. The molecule has 1 unspecified atom stereocenters. The van der Waals surface area contributed by atoms with Crippen molar-refractivity contribution in [2.24, 2.45) is 0 Å². The molecule has 0 bridgehead atoms. The highest BCUT2D eigenvalue weighted by Crippen LogP contribution is 2.32. The molecule has 0 aromatic heterocycles. The molecule has 18 heavy (non-hydrogen) atoms. The first-order valence-corrected chi connectivity index (χ1v) is 6.01. The van der Waals surface area contributed by atoms with Gasteiger partial charge in [-0.3, -0.25) is 0 Å². The van der Waals surface area contributed by atoms with Crippen LogP contribution >= 0.6 is 0 Å². The Morgan fingerprint density at radius 2 is 1.56 bits per heavy atom. The van der Waals surface area contributed by atoms with Crippen LogP contribution in [0.25, 0.3) is 0 Å². The fourth-order valence-corrected chi connectivity index (χ4v) is 2.20. The van der Waals surface area contributed by atoms with Crippen molar-refractivity contribution < 1.29 is 10.2 Å². The highest BCUT2D eigenvalue weighted by molar-refractivity contribution is 5.42. The molecule has 1 atom stereocenters. The van der Waals surface area contributed by atoms with Crippen LogP contribution in [0.15, 0.2) is 42.5 Å². The van der Waals surface area contributed by atoms with Crippen molar-refractivity contribution >= 4 is 0 Å². The highest BCUT2D eigenvalue weighted by atomic mass is 16.3. The number of hydrogen-bond donors (Lipinski definition) is 2. The summed E-state index contributed by atoms with van der Waals surface area (Å²) in [5.74, 6) is 0.204. The normalized spacial score (nSPS) is 14.2. The van der Waals surface area contributed by atoms with Gasteiger partial charge >= 0.3 is 0 Å². The van der Waals surface area contributed by atoms with Gasteiger partial charge in [0.15, 0.2) is 0 Å². The van der Waals surface area contributed by atoms with E-state index in [9.17, 15) is 10.2 Å². The van der Waals surface area contributed by atoms with E-state index in [1.54, 1.807) is 31.2 Å². The van der Waals surface area contributed by atoms with Crippen molar-refractivity contribution in [2.45, 2.75) is 26.4 Å². The standard InChI is InChI=1S/C16H18O2/c1-11-4-5-12(2)15(10-11)16(3,18)13-6-8-14(17)9-7-13/h4-10,17-18H,1-3H3. The van der Waals surface area contributed by atoms with Gasteiger partial charge in [0.05, 0.1) is 0 Å². The van der Waals surface area contributed by atoms with Gasteiger partial charge in [0.2, 0.25) is 0 Å². The Labute approximate surface area is 108 Å². The number of aromatic hydroxyl groups is 1. The molecule has 0 saturated carbocycles. The molecule has 0 radical (unpaired) electrons. The van der Waals surface area contributed by atoms with Crippen LogP contribution in [0, 0.1) is 13.8 Å². The van der Waals surface area contributed by atoms with E-state index in [0.717, 1.165) is 22.3 Å². The molecule has 94 valence electrons. The molecule has 0 aliphatic heterocycles. The zero-order valence-corrected chi connectivity index (χ0v) is 10.9. The minimum Gasteiger partial charge on any atom is -0.508 e. The Bertz CT molecular complexity index is 554. The first-order valence-electron chi connectivity index (χ1n) is 6.01. The molecule has 0 spiro atoms. The van der Waals surface area contributed by atoms with Gasteiger partial charge in [-0.2, -0.15) is 0 Å². The second kappa shape index (κ2) is 4.46. The number of phenolic OH excluding ortho intramolecular Hbond substituents is 1. The van der Waals surface area contributed by atoms with Gasteiger partial charge in [-0.1, -0.05) is 35.9 Å². The third-order valence-corrected chi connectivity index (χ3v) is 3.35. The Kier molecular flexibility index (Phi) is 3.14. The molecule has 2 nitrogen and oxygen atoms in total. The molecule has 2 rings (SSSR count). The maximum Gasteiger partial charge on any atom is 0.115 e. The first kappa shape index (κ1) is 12.7. The summed E-state index contributed by atoms with van der Waals surface area (Å²) in [5, 5.41) is 20.1. The van der Waals surface area contributed by atoms with Crippen LogP contribution in [0.1, 0.15) is 29.2 Å². The van der Waals surface area contributed by atoms with Crippen LogP contribution in [0.5, 0.6) is 5.75 Å². The number of aryl methyl sites for hydroxylation is 2. The van der Waals surface area contributed by atoms with Crippen molar-refractivity contribution in [3.8, 4) is 5.75 Å². The fourth-order valence-electron chi connectivity index (χ4n) is 2.20. The average Bonchev–Trinajstić information content (AvgIpc) is 2.32. The number of hydrogen-bond acceptors (Lipinski definition) is 2. The summed E-state index contributed by atoms with van der Waals surface area (Å²) in [6.45, 7) is 5.78. The lowest BCUT2D eigenvalue weighted by molar-refractivity contribution is 0.101. The van der Waals surface area contributed by atoms with E-state index < -0.39 is 5.60 Å². The number of aliphatic hydroxyl groups is 1. The molecular weight excluding hydrogens is 224 g/mol. The molecular formula is C16H18O2. The van der Waals surface area contributed by atoms with Crippen molar-refractivity contribution in [1.29, 1.82) is 0 Å². The highest BCUT2D eigenvalue weighted by Gasteiger charge is 2.27. The van der Waals surface area contributed by atoms with Crippen LogP contribution in [0.2, 0.25) is 0 Å². The average molecular weight is 242 g/mol. The van der Waals surface area contributed by atoms with Gasteiger partial charge in [0, 0.05) is 0 Å². The van der Waals surface area contributed by atoms with Crippen molar-refractivity contribution in [3.63, 3.8) is 0 Å². The summed E-state index contributed by atoms with van der Waals surface area (Å²) in [7, 11) is 0. The van der Waals surface area contributed by atoms with Gasteiger partial charge < -0.3 is 10.2 Å². The summed E-state index contributed by atoms with van der Waals surface area (Å²) < 4.78 is 0. The minimum atomic E-state index is -1.05. The molecule has 2 heteroatoms. The molecule has 0 aliphatic carbocycles. The largest absolute Gasteiger partial charge is 0.508 e. The van der Waals surface area contributed by atoms with Crippen LogP contribution in [-0.4, -0.2) is 10.2 Å². The van der Waals surface area contributed by atoms with Crippen LogP contribution < -0.4 is 0 Å². The SMILES string of the molecule is Cc1ccc(C)c(C(C)(O)c2ccc(O)cc2)c1. The van der Waals surface area contributed by atoms with E-state index in [-0.39, 0.29) is 5.75 Å². The lowest BCUT2D eigenvalue weighted by Gasteiger charge is -2.26. The zero-order valence-electron chi connectivity index (χ0n) is 10.9. The van der Waals surface area contributed by atoms with Crippen LogP contribution in [-0.2, 0) is 5.60 Å². The molecule has 0 aliphatic rings. The van der Waals surface area contributed by atoms with E-state index in [4.69, 9.17) is 0 Å². The zero-order chi connectivity index (χ0) is 13.3. The lowest BCUT2D eigenvalue weighted by Crippen LogP contribution is -2.24.